The second-order valence-corrected chi connectivity index (χ2v) is 6.77. The maximum Gasteiger partial charge on any atom is 0.122 e. The van der Waals surface area contributed by atoms with Crippen LogP contribution < -0.4 is 0 Å². The van der Waals surface area contributed by atoms with Gasteiger partial charge in [-0.25, -0.2) is 0 Å². The first-order valence-corrected chi connectivity index (χ1v) is 9.75. The summed E-state index contributed by atoms with van der Waals surface area (Å²) in [4.78, 5) is 0. The van der Waals surface area contributed by atoms with Gasteiger partial charge >= 0.3 is 0 Å². The zero-order valence-corrected chi connectivity index (χ0v) is 15.0. The maximum absolute atomic E-state index is 9.72. The molecule has 0 bridgehead atoms. The van der Waals surface area contributed by atoms with Crippen LogP contribution >= 0.6 is 0 Å². The van der Waals surface area contributed by atoms with E-state index in [4.69, 9.17) is 0 Å². The Balaban J connectivity index is 1.88. The molecule has 2 heteroatoms. The monoisotopic (exact) mass is 320 g/mol. The molecule has 0 fully saturated rings. The number of benzene rings is 1. The predicted molar refractivity (Wildman–Crippen MR) is 99.2 cm³/mol. The van der Waals surface area contributed by atoms with Gasteiger partial charge in [-0.2, -0.15) is 0 Å². The Morgan fingerprint density at radius 3 is 1.43 bits per heavy atom. The fraction of sp³-hybridized carbons (Fsp3) is 0.714. The molecule has 132 valence electrons. The minimum absolute atomic E-state index is 0.226. The van der Waals surface area contributed by atoms with Gasteiger partial charge in [0.05, 0.1) is 0 Å². The van der Waals surface area contributed by atoms with Crippen molar-refractivity contribution in [2.45, 2.75) is 96.8 Å². The van der Waals surface area contributed by atoms with E-state index in [1.54, 1.807) is 18.2 Å². The van der Waals surface area contributed by atoms with Gasteiger partial charge < -0.3 is 10.2 Å². The van der Waals surface area contributed by atoms with Gasteiger partial charge in [-0.3, -0.25) is 0 Å². The van der Waals surface area contributed by atoms with Crippen LogP contribution in [0.1, 0.15) is 96.0 Å². The van der Waals surface area contributed by atoms with Crippen molar-refractivity contribution >= 4 is 0 Å². The summed E-state index contributed by atoms with van der Waals surface area (Å²) in [5.74, 6) is 0.452. The van der Waals surface area contributed by atoms with Crippen molar-refractivity contribution in [1.29, 1.82) is 0 Å². The largest absolute Gasteiger partial charge is 0.508 e. The third-order valence-corrected chi connectivity index (χ3v) is 4.66. The van der Waals surface area contributed by atoms with Crippen LogP contribution in [0.5, 0.6) is 11.5 Å². The fourth-order valence-electron chi connectivity index (χ4n) is 3.14. The van der Waals surface area contributed by atoms with E-state index >= 15 is 0 Å². The quantitative estimate of drug-likeness (QED) is 0.373. The molecule has 0 atom stereocenters. The normalized spacial score (nSPS) is 11.0. The van der Waals surface area contributed by atoms with Gasteiger partial charge in [-0.05, 0) is 25.0 Å². The van der Waals surface area contributed by atoms with Gasteiger partial charge in [0.2, 0.25) is 0 Å². The van der Waals surface area contributed by atoms with E-state index in [0.717, 1.165) is 12.8 Å². The van der Waals surface area contributed by atoms with Gasteiger partial charge in [-0.1, -0.05) is 90.0 Å². The van der Waals surface area contributed by atoms with Crippen molar-refractivity contribution < 1.29 is 10.2 Å². The average molecular weight is 321 g/mol. The van der Waals surface area contributed by atoms with E-state index in [1.807, 2.05) is 0 Å². The molecular formula is C21H36O2. The van der Waals surface area contributed by atoms with E-state index < -0.39 is 0 Å². The van der Waals surface area contributed by atoms with Crippen LogP contribution in [-0.2, 0) is 6.42 Å². The summed E-state index contributed by atoms with van der Waals surface area (Å²) in [5.41, 5.74) is 0.704. The van der Waals surface area contributed by atoms with Crippen LogP contribution in [0.25, 0.3) is 0 Å². The van der Waals surface area contributed by atoms with Gasteiger partial charge in [0, 0.05) is 5.56 Å². The molecule has 0 heterocycles. The van der Waals surface area contributed by atoms with Crippen molar-refractivity contribution in [2.24, 2.45) is 0 Å². The first-order chi connectivity index (χ1) is 11.3. The van der Waals surface area contributed by atoms with Crippen LogP contribution in [0.15, 0.2) is 18.2 Å². The van der Waals surface area contributed by atoms with Gasteiger partial charge in [-0.15, -0.1) is 0 Å². The molecule has 0 aliphatic carbocycles. The Hall–Kier alpha value is -1.18. The smallest absolute Gasteiger partial charge is 0.122 e. The Morgan fingerprint density at radius 2 is 1.00 bits per heavy atom. The highest BCUT2D eigenvalue weighted by Gasteiger charge is 2.05. The number of phenolic OH excluding ortho intramolecular Hbond substituents is 2. The molecule has 2 nitrogen and oxygen atoms in total. The molecule has 0 amide bonds. The molecule has 1 aromatic carbocycles. The summed E-state index contributed by atoms with van der Waals surface area (Å²) in [6, 6.07) is 4.98. The molecule has 0 saturated heterocycles. The zero-order chi connectivity index (χ0) is 16.8. The van der Waals surface area contributed by atoms with Crippen molar-refractivity contribution in [3.8, 4) is 11.5 Å². The molecule has 0 aliphatic heterocycles. The van der Waals surface area contributed by atoms with Crippen LogP contribution in [0.3, 0.4) is 0 Å². The van der Waals surface area contributed by atoms with Crippen molar-refractivity contribution in [2.75, 3.05) is 0 Å². The van der Waals surface area contributed by atoms with Gasteiger partial charge in [0.15, 0.2) is 0 Å². The zero-order valence-electron chi connectivity index (χ0n) is 15.0. The lowest BCUT2D eigenvalue weighted by molar-refractivity contribution is 0.435. The summed E-state index contributed by atoms with van der Waals surface area (Å²) in [6.07, 6.45) is 18.2. The standard InChI is InChI=1S/C21H36O2/c1-2-3-4-5-6-7-8-9-10-11-12-13-14-16-19-20(22)17-15-18-21(19)23/h15,17-18,22-23H,2-14,16H2,1H3. The average Bonchev–Trinajstić information content (AvgIpc) is 2.54. The minimum atomic E-state index is 0.226. The molecule has 0 saturated carbocycles. The molecule has 0 aromatic heterocycles. The number of phenols is 2. The Kier molecular flexibility index (Phi) is 11.5. The van der Waals surface area contributed by atoms with Crippen LogP contribution in [-0.4, -0.2) is 10.2 Å². The summed E-state index contributed by atoms with van der Waals surface area (Å²) >= 11 is 0. The third-order valence-electron chi connectivity index (χ3n) is 4.66. The van der Waals surface area contributed by atoms with Crippen LogP contribution in [0.2, 0.25) is 0 Å². The number of rotatable bonds is 14. The number of unbranched alkanes of at least 4 members (excludes halogenated alkanes) is 12. The lowest BCUT2D eigenvalue weighted by Gasteiger charge is -2.07. The molecule has 0 spiro atoms. The maximum atomic E-state index is 9.72. The minimum Gasteiger partial charge on any atom is -0.508 e. The Bertz CT molecular complexity index is 381. The van der Waals surface area contributed by atoms with Crippen molar-refractivity contribution in [1.82, 2.24) is 0 Å². The molecule has 1 rings (SSSR count). The van der Waals surface area contributed by atoms with Gasteiger partial charge in [0.25, 0.3) is 0 Å². The first-order valence-electron chi connectivity index (χ1n) is 9.75. The lowest BCUT2D eigenvalue weighted by Crippen LogP contribution is -1.88. The van der Waals surface area contributed by atoms with Crippen molar-refractivity contribution in [3.05, 3.63) is 23.8 Å². The third kappa shape index (κ3) is 9.53. The molecule has 0 radical (unpaired) electrons. The van der Waals surface area contributed by atoms with E-state index in [9.17, 15) is 10.2 Å². The molecular weight excluding hydrogens is 284 g/mol. The summed E-state index contributed by atoms with van der Waals surface area (Å²) < 4.78 is 0. The number of aromatic hydroxyl groups is 2. The summed E-state index contributed by atoms with van der Waals surface area (Å²) in [6.45, 7) is 2.27. The Morgan fingerprint density at radius 1 is 0.609 bits per heavy atom. The summed E-state index contributed by atoms with van der Waals surface area (Å²) in [7, 11) is 0. The Labute approximate surface area is 142 Å². The number of hydrogen-bond acceptors (Lipinski definition) is 2. The second kappa shape index (κ2) is 13.3. The molecule has 2 N–H and O–H groups in total. The highest BCUT2D eigenvalue weighted by atomic mass is 16.3. The fourth-order valence-corrected chi connectivity index (χ4v) is 3.14. The van der Waals surface area contributed by atoms with Crippen molar-refractivity contribution in [3.63, 3.8) is 0 Å². The molecule has 1 aromatic rings. The topological polar surface area (TPSA) is 40.5 Å². The second-order valence-electron chi connectivity index (χ2n) is 6.77. The van der Waals surface area contributed by atoms with E-state index in [2.05, 4.69) is 6.92 Å². The van der Waals surface area contributed by atoms with E-state index in [0.29, 0.717) is 5.56 Å². The molecule has 23 heavy (non-hydrogen) atoms. The lowest BCUT2D eigenvalue weighted by atomic mass is 10.0. The highest BCUT2D eigenvalue weighted by Crippen LogP contribution is 2.28. The molecule has 0 unspecified atom stereocenters. The SMILES string of the molecule is CCCCCCCCCCCCCCCc1c(O)cccc1O. The van der Waals surface area contributed by atoms with Crippen LogP contribution in [0.4, 0.5) is 0 Å². The predicted octanol–water partition coefficient (Wildman–Crippen LogP) is 6.73. The van der Waals surface area contributed by atoms with Crippen LogP contribution in [0, 0.1) is 0 Å². The van der Waals surface area contributed by atoms with Gasteiger partial charge in [0.1, 0.15) is 11.5 Å². The summed E-state index contributed by atoms with van der Waals surface area (Å²) in [5, 5.41) is 19.4. The highest BCUT2D eigenvalue weighted by molar-refractivity contribution is 5.42. The first kappa shape index (κ1) is 19.9. The molecule has 0 aliphatic rings. The van der Waals surface area contributed by atoms with E-state index in [-0.39, 0.29) is 11.5 Å². The van der Waals surface area contributed by atoms with E-state index in [1.165, 1.54) is 77.0 Å². The number of hydrogen-bond donors (Lipinski definition) is 2.